The maximum atomic E-state index is 14.3. The number of amides is 2. The molecular formula is C50H40N2O4S2. The third-order valence-electron chi connectivity index (χ3n) is 14.3. The highest BCUT2D eigenvalue weighted by atomic mass is 32.2. The third kappa shape index (κ3) is 5.26. The Bertz CT molecular complexity index is 2830. The van der Waals surface area contributed by atoms with E-state index in [0.29, 0.717) is 53.8 Å². The number of carbonyl (C=O) groups is 4. The molecule has 6 nitrogen and oxygen atoms in total. The summed E-state index contributed by atoms with van der Waals surface area (Å²) in [6.45, 7) is 0. The molecule has 58 heavy (non-hydrogen) atoms. The van der Waals surface area contributed by atoms with Crippen LogP contribution in [0.25, 0.3) is 32.3 Å². The monoisotopic (exact) mass is 796 g/mol. The van der Waals surface area contributed by atoms with Crippen molar-refractivity contribution in [3.63, 3.8) is 0 Å². The van der Waals surface area contributed by atoms with Gasteiger partial charge < -0.3 is 10.6 Å². The molecule has 0 aromatic heterocycles. The second-order valence-electron chi connectivity index (χ2n) is 17.4. The summed E-state index contributed by atoms with van der Waals surface area (Å²) in [7, 11) is 0. The van der Waals surface area contributed by atoms with E-state index in [1.165, 1.54) is 78.2 Å². The molecule has 6 unspecified atom stereocenters. The lowest BCUT2D eigenvalue weighted by molar-refractivity contribution is 0.00188. The number of benzene rings is 6. The molecule has 2 aliphatic heterocycles. The summed E-state index contributed by atoms with van der Waals surface area (Å²) in [6, 6.07) is 29.3. The zero-order valence-corrected chi connectivity index (χ0v) is 33.4. The van der Waals surface area contributed by atoms with Crippen LogP contribution in [-0.2, 0) is 0 Å². The van der Waals surface area contributed by atoms with Gasteiger partial charge in [-0.3, -0.25) is 19.2 Å². The van der Waals surface area contributed by atoms with Gasteiger partial charge in [-0.15, -0.1) is 0 Å². The van der Waals surface area contributed by atoms with Gasteiger partial charge in [0.05, 0.1) is 20.9 Å². The summed E-state index contributed by atoms with van der Waals surface area (Å²) >= 11 is 2.44. The maximum absolute atomic E-state index is 14.3. The van der Waals surface area contributed by atoms with E-state index in [0.717, 1.165) is 46.8 Å². The Kier molecular flexibility index (Phi) is 7.91. The molecule has 2 N–H and O–H groups in total. The first kappa shape index (κ1) is 34.8. The van der Waals surface area contributed by atoms with Gasteiger partial charge in [-0.25, -0.2) is 0 Å². The first-order valence-corrected chi connectivity index (χ1v) is 22.5. The van der Waals surface area contributed by atoms with Crippen molar-refractivity contribution in [2.24, 2.45) is 29.6 Å². The number of thioether (sulfide) groups is 2. The minimum atomic E-state index is -0.387. The van der Waals surface area contributed by atoms with E-state index in [4.69, 9.17) is 0 Å². The van der Waals surface area contributed by atoms with Crippen molar-refractivity contribution in [1.82, 2.24) is 5.32 Å². The number of Topliss-reactive ketones (excluding diaryl/α,β-unsaturated/α-hetero) is 2. The van der Waals surface area contributed by atoms with Crippen LogP contribution in [0.3, 0.4) is 0 Å². The highest BCUT2D eigenvalue weighted by Crippen LogP contribution is 2.58. The Morgan fingerprint density at radius 3 is 2.17 bits per heavy atom. The summed E-state index contributed by atoms with van der Waals surface area (Å²) in [5.41, 5.74) is 3.69. The topological polar surface area (TPSA) is 92.3 Å². The number of allylic oxidation sites excluding steroid dienone is 3. The van der Waals surface area contributed by atoms with E-state index in [2.05, 4.69) is 59.2 Å². The predicted octanol–water partition coefficient (Wildman–Crippen LogP) is 11.6. The minimum Gasteiger partial charge on any atom is -0.349 e. The van der Waals surface area contributed by atoms with Gasteiger partial charge in [-0.1, -0.05) is 103 Å². The molecule has 6 aliphatic rings. The minimum absolute atomic E-state index is 0.0701. The molecule has 0 bridgehead atoms. The number of rotatable bonds is 4. The predicted molar refractivity (Wildman–Crippen MR) is 232 cm³/mol. The lowest BCUT2D eigenvalue weighted by atomic mass is 9.50. The lowest BCUT2D eigenvalue weighted by Gasteiger charge is -2.55. The van der Waals surface area contributed by atoms with E-state index < -0.39 is 0 Å². The highest BCUT2D eigenvalue weighted by molar-refractivity contribution is 8.08. The van der Waals surface area contributed by atoms with Crippen LogP contribution >= 0.6 is 23.5 Å². The molecule has 0 radical (unpaired) electrons. The Balaban J connectivity index is 0.798. The van der Waals surface area contributed by atoms with Gasteiger partial charge in [0.15, 0.2) is 0 Å². The summed E-state index contributed by atoms with van der Waals surface area (Å²) in [5.74, 6) is 2.73. The normalized spacial score (nSPS) is 27.1. The Morgan fingerprint density at radius 1 is 0.655 bits per heavy atom. The lowest BCUT2D eigenvalue weighted by Crippen LogP contribution is -2.50. The molecule has 6 aromatic carbocycles. The van der Waals surface area contributed by atoms with E-state index in [1.807, 2.05) is 18.2 Å². The fraction of sp³-hybridized carbons (Fsp3) is 0.280. The Labute approximate surface area is 344 Å². The first-order valence-electron chi connectivity index (χ1n) is 20.8. The zero-order chi connectivity index (χ0) is 38.8. The zero-order valence-electron chi connectivity index (χ0n) is 31.8. The largest absolute Gasteiger partial charge is 0.349 e. The smallest absolute Gasteiger partial charge is 0.256 e. The molecule has 6 atom stereocenters. The number of anilines is 1. The first-order chi connectivity index (χ1) is 28.4. The summed E-state index contributed by atoms with van der Waals surface area (Å²) in [6.07, 6.45) is 12.4. The van der Waals surface area contributed by atoms with E-state index in [-0.39, 0.29) is 35.0 Å². The molecule has 2 heterocycles. The number of fused-ring (bicyclic) bond motifs is 2. The molecule has 4 aliphatic carbocycles. The molecule has 8 heteroatoms. The molecular weight excluding hydrogens is 757 g/mol. The van der Waals surface area contributed by atoms with Crippen LogP contribution in [0.1, 0.15) is 92.8 Å². The van der Waals surface area contributed by atoms with Gasteiger partial charge in [0.2, 0.25) is 11.6 Å². The Morgan fingerprint density at radius 2 is 1.34 bits per heavy atom. The van der Waals surface area contributed by atoms with Crippen molar-refractivity contribution in [2.45, 2.75) is 67.2 Å². The van der Waals surface area contributed by atoms with Gasteiger partial charge >= 0.3 is 0 Å². The third-order valence-corrected chi connectivity index (χ3v) is 16.9. The molecule has 0 spiro atoms. The van der Waals surface area contributed by atoms with Crippen molar-refractivity contribution in [3.8, 4) is 0 Å². The van der Waals surface area contributed by atoms with E-state index in [1.54, 1.807) is 35.9 Å². The maximum Gasteiger partial charge on any atom is 0.256 e. The fourth-order valence-electron chi connectivity index (χ4n) is 12.0. The molecule has 12 rings (SSSR count). The van der Waals surface area contributed by atoms with Crippen LogP contribution in [0.5, 0.6) is 0 Å². The van der Waals surface area contributed by atoms with Crippen LogP contribution in [0.4, 0.5) is 5.69 Å². The van der Waals surface area contributed by atoms with E-state index in [9.17, 15) is 19.2 Å². The fourth-order valence-corrected chi connectivity index (χ4v) is 14.5. The quantitative estimate of drug-likeness (QED) is 0.105. The number of ketones is 2. The van der Waals surface area contributed by atoms with Gasteiger partial charge in [-0.2, -0.15) is 0 Å². The molecule has 286 valence electrons. The van der Waals surface area contributed by atoms with Crippen LogP contribution in [0.15, 0.2) is 122 Å². The number of nitrogens with one attached hydrogen (secondary N) is 2. The van der Waals surface area contributed by atoms with Crippen molar-refractivity contribution >= 4 is 84.9 Å². The standard InChI is InChI=1S/C50H40N2O4S2/c53-44-36-10-3-11-37(50(56)52-34-23-31-19-15-27-7-2-8-28-16-20-32(24-34)42(31)40(27)28)46(36)58-47(44)48-45(54)43-35(9-4-12-38(43)57-48)49(55)51-33-21-29-17-13-25-5-1-6-26-14-18-30(22-33)41(29)39(25)26/h1,3-6,9-14,17-19,21-22,27-28,32,34,40,42H,2,7-8,15-16,20,23-24H2,(H,51,55)(H,52,56)/b48-47+. The molecule has 6 aromatic rings. The second kappa shape index (κ2) is 13.2. The van der Waals surface area contributed by atoms with Crippen molar-refractivity contribution in [3.05, 3.63) is 135 Å². The van der Waals surface area contributed by atoms with Gasteiger partial charge in [-0.05, 0) is 137 Å². The van der Waals surface area contributed by atoms with Crippen molar-refractivity contribution < 1.29 is 19.2 Å². The van der Waals surface area contributed by atoms with Gasteiger partial charge in [0, 0.05) is 32.6 Å². The molecule has 0 saturated heterocycles. The molecule has 3 saturated carbocycles. The highest BCUT2D eigenvalue weighted by Gasteiger charge is 2.50. The number of hydrogen-bond donors (Lipinski definition) is 2. The number of carbonyl (C=O) groups excluding carboxylic acids is 4. The number of hydrogen-bond acceptors (Lipinski definition) is 6. The molecule has 2 amide bonds. The SMILES string of the molecule is O=C(NC1CC2=CCC3CCCC4CCC(C1)C2C34)c1cccc2c1S/C(=C1/Sc3cccc(C(=O)Nc4cc5ccc6cccc7ccc(c4)c5c67)c3C1=O)C2=O. The van der Waals surface area contributed by atoms with E-state index >= 15 is 0 Å². The van der Waals surface area contributed by atoms with Crippen LogP contribution < -0.4 is 10.6 Å². The van der Waals surface area contributed by atoms with Gasteiger partial charge in [0.25, 0.3) is 11.8 Å². The Hall–Kier alpha value is -5.18. The summed E-state index contributed by atoms with van der Waals surface area (Å²) in [4.78, 5) is 58.3. The van der Waals surface area contributed by atoms with Crippen molar-refractivity contribution in [2.75, 3.05) is 5.32 Å². The van der Waals surface area contributed by atoms with Gasteiger partial charge in [0.1, 0.15) is 0 Å². The molecule has 3 fully saturated rings. The van der Waals surface area contributed by atoms with Crippen molar-refractivity contribution in [1.29, 1.82) is 0 Å². The van der Waals surface area contributed by atoms with Crippen LogP contribution in [0, 0.1) is 29.6 Å². The average Bonchev–Trinajstić information content (AvgIpc) is 3.77. The van der Waals surface area contributed by atoms with Crippen LogP contribution in [-0.4, -0.2) is 29.4 Å². The van der Waals surface area contributed by atoms with Crippen LogP contribution in [0.2, 0.25) is 0 Å². The second-order valence-corrected chi connectivity index (χ2v) is 19.4. The average molecular weight is 797 g/mol. The summed E-state index contributed by atoms with van der Waals surface area (Å²) in [5, 5.41) is 13.2. The summed E-state index contributed by atoms with van der Waals surface area (Å²) < 4.78 is 0.